The van der Waals surface area contributed by atoms with Gasteiger partial charge in [-0.1, -0.05) is 6.42 Å². The normalized spacial score (nSPS) is 17.9. The van der Waals surface area contributed by atoms with Crippen LogP contribution in [0.25, 0.3) is 0 Å². The van der Waals surface area contributed by atoms with E-state index >= 15 is 0 Å². The fraction of sp³-hybridized carbons (Fsp3) is 0.364. The van der Waals surface area contributed by atoms with E-state index in [4.69, 9.17) is 0 Å². The maximum absolute atomic E-state index is 11.2. The number of hydrogen-bond donors (Lipinski definition) is 1. The number of aromatic nitrogens is 1. The van der Waals surface area contributed by atoms with E-state index in [2.05, 4.69) is 4.98 Å². The smallest absolute Gasteiger partial charge is 0.314 e. The van der Waals surface area contributed by atoms with Crippen molar-refractivity contribution in [3.8, 4) is 0 Å². The van der Waals surface area contributed by atoms with Gasteiger partial charge >= 0.3 is 5.97 Å². The van der Waals surface area contributed by atoms with Gasteiger partial charge in [-0.15, -0.1) is 0 Å². The first-order valence-corrected chi connectivity index (χ1v) is 4.84. The number of nitrogens with zero attached hydrogens (tertiary/aromatic N) is 1. The van der Waals surface area contributed by atoms with Crippen molar-refractivity contribution in [3.05, 3.63) is 29.6 Å². The minimum absolute atomic E-state index is 0.292. The highest BCUT2D eigenvalue weighted by Gasteiger charge is 2.45. The molecule has 1 aromatic rings. The number of carboxylic acid groups (broad SMARTS) is 1. The molecule has 0 aliphatic heterocycles. The van der Waals surface area contributed by atoms with E-state index < -0.39 is 11.4 Å². The maximum Gasteiger partial charge on any atom is 0.314 e. The average Bonchev–Trinajstić information content (AvgIpc) is 2.16. The molecule has 0 bridgehead atoms. The highest BCUT2D eigenvalue weighted by Crippen LogP contribution is 2.43. The van der Waals surface area contributed by atoms with Crippen molar-refractivity contribution < 1.29 is 14.7 Å². The van der Waals surface area contributed by atoms with Crippen molar-refractivity contribution in [3.63, 3.8) is 0 Å². The second-order valence-corrected chi connectivity index (χ2v) is 3.83. The molecule has 15 heavy (non-hydrogen) atoms. The fourth-order valence-corrected chi connectivity index (χ4v) is 1.97. The molecule has 1 aliphatic rings. The van der Waals surface area contributed by atoms with Crippen molar-refractivity contribution in [1.29, 1.82) is 0 Å². The lowest BCUT2D eigenvalue weighted by molar-refractivity contribution is -0.147. The van der Waals surface area contributed by atoms with Gasteiger partial charge in [-0.25, -0.2) is 0 Å². The van der Waals surface area contributed by atoms with E-state index in [9.17, 15) is 14.7 Å². The summed E-state index contributed by atoms with van der Waals surface area (Å²) in [5.41, 5.74) is 0.208. The summed E-state index contributed by atoms with van der Waals surface area (Å²) in [7, 11) is 0. The Bertz CT molecular complexity index is 410. The van der Waals surface area contributed by atoms with Crippen molar-refractivity contribution in [2.24, 2.45) is 0 Å². The first-order chi connectivity index (χ1) is 7.19. The van der Waals surface area contributed by atoms with Crippen LogP contribution in [0.5, 0.6) is 0 Å². The molecule has 0 saturated heterocycles. The summed E-state index contributed by atoms with van der Waals surface area (Å²) in [6, 6.07) is 3.25. The molecule has 1 saturated carbocycles. The first-order valence-electron chi connectivity index (χ1n) is 4.84. The Labute approximate surface area is 87.0 Å². The van der Waals surface area contributed by atoms with Gasteiger partial charge in [0.05, 0.1) is 5.41 Å². The SMILES string of the molecule is O=Cc1cc(C2(C(=O)O)CCC2)ccn1. The molecule has 0 atom stereocenters. The third-order valence-electron chi connectivity index (χ3n) is 3.07. The maximum atomic E-state index is 11.2. The number of carbonyl (C=O) groups excluding carboxylic acids is 1. The standard InChI is InChI=1S/C11H11NO3/c13-7-9-6-8(2-5-12-9)11(10(14)15)3-1-4-11/h2,5-7H,1,3-4H2,(H,14,15). The Morgan fingerprint density at radius 1 is 1.53 bits per heavy atom. The van der Waals surface area contributed by atoms with Crippen molar-refractivity contribution >= 4 is 12.3 Å². The quantitative estimate of drug-likeness (QED) is 0.757. The van der Waals surface area contributed by atoms with E-state index in [0.717, 1.165) is 6.42 Å². The summed E-state index contributed by atoms with van der Waals surface area (Å²) in [6.07, 6.45) is 4.33. The van der Waals surface area contributed by atoms with Crippen molar-refractivity contribution in [2.75, 3.05) is 0 Å². The number of hydrogen-bond acceptors (Lipinski definition) is 3. The van der Waals surface area contributed by atoms with Gasteiger partial charge in [-0.05, 0) is 30.5 Å². The first kappa shape index (κ1) is 9.83. The molecule has 1 aliphatic carbocycles. The number of pyridine rings is 1. The Morgan fingerprint density at radius 2 is 2.27 bits per heavy atom. The molecule has 4 heteroatoms. The predicted molar refractivity (Wildman–Crippen MR) is 52.8 cm³/mol. The lowest BCUT2D eigenvalue weighted by atomic mass is 9.64. The molecule has 0 spiro atoms. The minimum atomic E-state index is -0.809. The van der Waals surface area contributed by atoms with Crippen LogP contribution in [-0.4, -0.2) is 22.3 Å². The van der Waals surface area contributed by atoms with Crippen molar-refractivity contribution in [2.45, 2.75) is 24.7 Å². The molecule has 1 heterocycles. The number of rotatable bonds is 3. The van der Waals surface area contributed by atoms with Crippen LogP contribution < -0.4 is 0 Å². The minimum Gasteiger partial charge on any atom is -0.481 e. The van der Waals surface area contributed by atoms with Crippen LogP contribution in [0.1, 0.15) is 35.3 Å². The Hall–Kier alpha value is -1.71. The van der Waals surface area contributed by atoms with E-state index in [1.165, 1.54) is 6.20 Å². The molecule has 0 aromatic carbocycles. The molecule has 1 fully saturated rings. The average molecular weight is 205 g/mol. The van der Waals surface area contributed by atoms with Gasteiger partial charge in [-0.2, -0.15) is 0 Å². The zero-order chi connectivity index (χ0) is 10.9. The van der Waals surface area contributed by atoms with Gasteiger partial charge in [0, 0.05) is 6.20 Å². The summed E-state index contributed by atoms with van der Waals surface area (Å²) in [5.74, 6) is -0.809. The van der Waals surface area contributed by atoms with Crippen LogP contribution in [0.3, 0.4) is 0 Å². The summed E-state index contributed by atoms with van der Waals surface area (Å²) < 4.78 is 0. The summed E-state index contributed by atoms with van der Waals surface area (Å²) in [4.78, 5) is 25.6. The van der Waals surface area contributed by atoms with Crippen LogP contribution in [0.4, 0.5) is 0 Å². The molecule has 1 aromatic heterocycles. The highest BCUT2D eigenvalue weighted by atomic mass is 16.4. The van der Waals surface area contributed by atoms with Crippen molar-refractivity contribution in [1.82, 2.24) is 4.98 Å². The highest BCUT2D eigenvalue weighted by molar-refractivity contribution is 5.83. The molecule has 0 amide bonds. The Morgan fingerprint density at radius 3 is 2.73 bits per heavy atom. The lowest BCUT2D eigenvalue weighted by Crippen LogP contribution is -2.42. The zero-order valence-corrected chi connectivity index (χ0v) is 8.14. The Balaban J connectivity index is 2.43. The molecule has 4 nitrogen and oxygen atoms in total. The molecule has 2 rings (SSSR count). The monoisotopic (exact) mass is 205 g/mol. The molecular weight excluding hydrogens is 194 g/mol. The van der Waals surface area contributed by atoms with Crippen LogP contribution >= 0.6 is 0 Å². The third kappa shape index (κ3) is 1.42. The summed E-state index contributed by atoms with van der Waals surface area (Å²) in [6.45, 7) is 0. The second-order valence-electron chi connectivity index (χ2n) is 3.83. The van der Waals surface area contributed by atoms with Gasteiger partial charge in [0.1, 0.15) is 5.69 Å². The van der Waals surface area contributed by atoms with E-state index in [0.29, 0.717) is 30.4 Å². The van der Waals surface area contributed by atoms with Gasteiger partial charge in [0.2, 0.25) is 0 Å². The molecular formula is C11H11NO3. The zero-order valence-electron chi connectivity index (χ0n) is 8.14. The van der Waals surface area contributed by atoms with E-state index in [1.807, 2.05) is 0 Å². The van der Waals surface area contributed by atoms with E-state index in [1.54, 1.807) is 12.1 Å². The van der Waals surface area contributed by atoms with Crippen LogP contribution in [0, 0.1) is 0 Å². The number of aliphatic carboxylic acids is 1. The van der Waals surface area contributed by atoms with Gasteiger partial charge in [-0.3, -0.25) is 14.6 Å². The van der Waals surface area contributed by atoms with Crippen LogP contribution in [0.15, 0.2) is 18.3 Å². The van der Waals surface area contributed by atoms with E-state index in [-0.39, 0.29) is 0 Å². The summed E-state index contributed by atoms with van der Waals surface area (Å²) >= 11 is 0. The molecule has 0 radical (unpaired) electrons. The van der Waals surface area contributed by atoms with Gasteiger partial charge < -0.3 is 5.11 Å². The van der Waals surface area contributed by atoms with Gasteiger partial charge in [0.15, 0.2) is 6.29 Å². The summed E-state index contributed by atoms with van der Waals surface area (Å²) in [5, 5.41) is 9.19. The lowest BCUT2D eigenvalue weighted by Gasteiger charge is -2.38. The fourth-order valence-electron chi connectivity index (χ4n) is 1.97. The second kappa shape index (κ2) is 3.46. The molecule has 1 N–H and O–H groups in total. The van der Waals surface area contributed by atoms with Gasteiger partial charge in [0.25, 0.3) is 0 Å². The number of aldehydes is 1. The third-order valence-corrected chi connectivity index (χ3v) is 3.07. The number of carbonyl (C=O) groups is 2. The number of carboxylic acids is 1. The molecule has 78 valence electrons. The van der Waals surface area contributed by atoms with Crippen LogP contribution in [-0.2, 0) is 10.2 Å². The molecule has 0 unspecified atom stereocenters. The Kier molecular flexibility index (Phi) is 2.26. The topological polar surface area (TPSA) is 67.3 Å². The largest absolute Gasteiger partial charge is 0.481 e. The van der Waals surface area contributed by atoms with Crippen LogP contribution in [0.2, 0.25) is 0 Å². The predicted octanol–water partition coefficient (Wildman–Crippen LogP) is 1.40.